The van der Waals surface area contributed by atoms with Crippen LogP contribution in [0.15, 0.2) is 37.2 Å². The molecule has 7 nitrogen and oxygen atoms in total. The van der Waals surface area contributed by atoms with Crippen molar-refractivity contribution in [2.24, 2.45) is 5.73 Å². The van der Waals surface area contributed by atoms with Gasteiger partial charge in [-0.25, -0.2) is 8.78 Å². The number of benzene rings is 1. The summed E-state index contributed by atoms with van der Waals surface area (Å²) in [6, 6.07) is 3.13. The van der Waals surface area contributed by atoms with Crippen molar-refractivity contribution < 1.29 is 8.78 Å². The third kappa shape index (κ3) is 6.55. The second-order valence-corrected chi connectivity index (χ2v) is 9.24. The summed E-state index contributed by atoms with van der Waals surface area (Å²) in [6.07, 6.45) is 8.40. The molecule has 2 aliphatic rings. The van der Waals surface area contributed by atoms with Gasteiger partial charge in [-0.1, -0.05) is 26.3 Å². The lowest BCUT2D eigenvalue weighted by Crippen LogP contribution is -2.54. The minimum absolute atomic E-state index is 0.250. The van der Waals surface area contributed by atoms with Gasteiger partial charge in [0.15, 0.2) is 0 Å². The van der Waals surface area contributed by atoms with Crippen LogP contribution in [0.25, 0.3) is 0 Å². The van der Waals surface area contributed by atoms with E-state index in [2.05, 4.69) is 40.3 Å². The van der Waals surface area contributed by atoms with Crippen molar-refractivity contribution >= 4 is 0 Å². The highest BCUT2D eigenvalue weighted by Gasteiger charge is 2.36. The molecule has 0 aliphatic carbocycles. The van der Waals surface area contributed by atoms with Crippen LogP contribution in [-0.4, -0.2) is 54.1 Å². The molecule has 9 heteroatoms. The standard InChI is InChI=1S/C18H24F2N6.C7H15N/c1-24(2)26-9-11-8-25(10-17(11)23-26)13-6-16(21)18(22-7-13)14-5-12(19)3-4-15(14)20;1-3-5-6-7-8-4-2/h3-5,9,13,16,18,22H,6-8,10,21H2,1-2H3;4,8H,2-3,5-7H2,1H3/t13?,16?,18-;/m1./s1. The number of hydrogen-bond acceptors (Lipinski definition) is 6. The summed E-state index contributed by atoms with van der Waals surface area (Å²) < 4.78 is 27.6. The topological polar surface area (TPSA) is 74.4 Å². The van der Waals surface area contributed by atoms with E-state index in [1.165, 1.54) is 30.9 Å². The predicted octanol–water partition coefficient (Wildman–Crippen LogP) is 3.01. The fourth-order valence-electron chi connectivity index (χ4n) is 4.52. The molecule has 188 valence electrons. The maximum atomic E-state index is 14.1. The van der Waals surface area contributed by atoms with Crippen LogP contribution >= 0.6 is 0 Å². The summed E-state index contributed by atoms with van der Waals surface area (Å²) in [6.45, 7) is 9.14. The van der Waals surface area contributed by atoms with Gasteiger partial charge < -0.3 is 21.4 Å². The largest absolute Gasteiger partial charge is 0.391 e. The number of fused-ring (bicyclic) bond motifs is 1. The van der Waals surface area contributed by atoms with Gasteiger partial charge in [0.2, 0.25) is 0 Å². The Morgan fingerprint density at radius 3 is 2.74 bits per heavy atom. The summed E-state index contributed by atoms with van der Waals surface area (Å²) in [5.74, 6) is -0.864. The Morgan fingerprint density at radius 1 is 1.29 bits per heavy atom. The van der Waals surface area contributed by atoms with Gasteiger partial charge in [-0.15, -0.1) is 0 Å². The number of halogens is 2. The first-order chi connectivity index (χ1) is 16.3. The molecule has 4 N–H and O–H groups in total. The van der Waals surface area contributed by atoms with E-state index < -0.39 is 11.6 Å². The number of nitrogens with zero attached hydrogens (tertiary/aromatic N) is 4. The highest BCUT2D eigenvalue weighted by Crippen LogP contribution is 2.30. The predicted molar refractivity (Wildman–Crippen MR) is 133 cm³/mol. The van der Waals surface area contributed by atoms with Gasteiger partial charge in [0, 0.05) is 63.5 Å². The first-order valence-corrected chi connectivity index (χ1v) is 12.1. The van der Waals surface area contributed by atoms with E-state index in [1.54, 1.807) is 6.20 Å². The van der Waals surface area contributed by atoms with E-state index in [4.69, 9.17) is 5.73 Å². The number of aromatic nitrogens is 2. The molecule has 2 aliphatic heterocycles. The van der Waals surface area contributed by atoms with Gasteiger partial charge in [-0.2, -0.15) is 9.89 Å². The Morgan fingerprint density at radius 2 is 2.09 bits per heavy atom. The molecule has 1 fully saturated rings. The molecular formula is C25H39F2N7. The monoisotopic (exact) mass is 475 g/mol. The van der Waals surface area contributed by atoms with Crippen LogP contribution in [0.5, 0.6) is 0 Å². The van der Waals surface area contributed by atoms with Gasteiger partial charge in [-0.3, -0.25) is 4.90 Å². The zero-order valence-electron chi connectivity index (χ0n) is 20.6. The second kappa shape index (κ2) is 12.3. The molecule has 1 aromatic carbocycles. The lowest BCUT2D eigenvalue weighted by Gasteiger charge is -2.39. The Kier molecular flexibility index (Phi) is 9.44. The Labute approximate surface area is 201 Å². The third-order valence-corrected chi connectivity index (χ3v) is 6.43. The number of piperidine rings is 1. The first kappa shape index (κ1) is 26.1. The van der Waals surface area contributed by atoms with Gasteiger partial charge in [0.1, 0.15) is 11.6 Å². The van der Waals surface area contributed by atoms with Gasteiger partial charge in [-0.05, 0) is 37.2 Å². The smallest absolute Gasteiger partial charge is 0.128 e. The average molecular weight is 476 g/mol. The molecule has 0 amide bonds. The third-order valence-electron chi connectivity index (χ3n) is 6.43. The number of hydrogen-bond donors (Lipinski definition) is 3. The normalized spacial score (nSPS) is 22.0. The molecule has 0 spiro atoms. The van der Waals surface area contributed by atoms with Crippen molar-refractivity contribution in [1.82, 2.24) is 25.4 Å². The van der Waals surface area contributed by atoms with E-state index in [1.807, 2.05) is 23.9 Å². The molecule has 0 saturated carbocycles. The molecule has 3 atom stereocenters. The minimum atomic E-state index is -0.444. The van der Waals surface area contributed by atoms with Crippen molar-refractivity contribution in [1.29, 1.82) is 0 Å². The zero-order chi connectivity index (χ0) is 24.7. The van der Waals surface area contributed by atoms with Crippen molar-refractivity contribution in [2.45, 2.75) is 63.8 Å². The molecule has 3 heterocycles. The van der Waals surface area contributed by atoms with Crippen molar-refractivity contribution in [3.63, 3.8) is 0 Å². The van der Waals surface area contributed by atoms with Crippen LogP contribution in [-0.2, 0) is 13.1 Å². The number of rotatable bonds is 8. The maximum Gasteiger partial charge on any atom is 0.128 e. The molecule has 1 aromatic heterocycles. The number of unbranched alkanes of at least 4 members (excludes halogenated alkanes) is 2. The Balaban J connectivity index is 0.000000350. The highest BCUT2D eigenvalue weighted by atomic mass is 19.1. The fraction of sp³-hybridized carbons (Fsp3) is 0.560. The zero-order valence-corrected chi connectivity index (χ0v) is 20.6. The minimum Gasteiger partial charge on any atom is -0.391 e. The van der Waals surface area contributed by atoms with E-state index in [-0.39, 0.29) is 18.1 Å². The number of nitrogens with one attached hydrogen (secondary N) is 2. The fourth-order valence-corrected chi connectivity index (χ4v) is 4.52. The molecule has 0 radical (unpaired) electrons. The Hall–Kier alpha value is -2.49. The number of nitrogens with two attached hydrogens (primary N) is 1. The molecule has 34 heavy (non-hydrogen) atoms. The van der Waals surface area contributed by atoms with Crippen molar-refractivity contribution in [3.05, 3.63) is 65.6 Å². The summed E-state index contributed by atoms with van der Waals surface area (Å²) in [7, 11) is 3.91. The molecule has 1 saturated heterocycles. The summed E-state index contributed by atoms with van der Waals surface area (Å²) in [5.41, 5.74) is 8.95. The van der Waals surface area contributed by atoms with Gasteiger partial charge in [0.05, 0.1) is 17.9 Å². The molecular weight excluding hydrogens is 436 g/mol. The van der Waals surface area contributed by atoms with Gasteiger partial charge in [0.25, 0.3) is 0 Å². The first-order valence-electron chi connectivity index (χ1n) is 12.1. The summed E-state index contributed by atoms with van der Waals surface area (Å²) >= 11 is 0. The Bertz CT molecular complexity index is 906. The van der Waals surface area contributed by atoms with Crippen LogP contribution in [0.4, 0.5) is 8.78 Å². The molecule has 2 unspecified atom stereocenters. The summed E-state index contributed by atoms with van der Waals surface area (Å²) in [4.78, 5) is 4.19. The van der Waals surface area contributed by atoms with Crippen LogP contribution in [0.3, 0.4) is 0 Å². The highest BCUT2D eigenvalue weighted by molar-refractivity contribution is 5.26. The van der Waals surface area contributed by atoms with E-state index in [9.17, 15) is 8.78 Å². The van der Waals surface area contributed by atoms with Crippen LogP contribution in [0.1, 0.15) is 55.5 Å². The van der Waals surface area contributed by atoms with Crippen LogP contribution < -0.4 is 21.4 Å². The summed E-state index contributed by atoms with van der Waals surface area (Å²) in [5, 5.41) is 12.9. The van der Waals surface area contributed by atoms with E-state index in [0.717, 1.165) is 43.9 Å². The quantitative estimate of drug-likeness (QED) is 0.510. The maximum absolute atomic E-state index is 14.1. The van der Waals surface area contributed by atoms with Crippen molar-refractivity contribution in [3.8, 4) is 0 Å². The lowest BCUT2D eigenvalue weighted by atomic mass is 9.89. The SMILES string of the molecule is C=CNCCCCC.CN(C)n1cc2c(n1)CN(C1CN[C@H](c3cc(F)ccc3F)C(N)C1)C2. The van der Waals surface area contributed by atoms with Crippen LogP contribution in [0, 0.1) is 11.6 Å². The second-order valence-electron chi connectivity index (χ2n) is 9.24. The lowest BCUT2D eigenvalue weighted by molar-refractivity contribution is 0.137. The van der Waals surface area contributed by atoms with Crippen molar-refractivity contribution in [2.75, 3.05) is 32.2 Å². The van der Waals surface area contributed by atoms with E-state index >= 15 is 0 Å². The molecule has 2 aromatic rings. The molecule has 0 bridgehead atoms. The van der Waals surface area contributed by atoms with Gasteiger partial charge >= 0.3 is 0 Å². The average Bonchev–Trinajstić information content (AvgIpc) is 3.39. The van der Waals surface area contributed by atoms with E-state index in [0.29, 0.717) is 12.1 Å². The molecule has 4 rings (SSSR count). The van der Waals surface area contributed by atoms with Crippen LogP contribution in [0.2, 0.25) is 0 Å².